The Morgan fingerprint density at radius 2 is 1.70 bits per heavy atom. The first kappa shape index (κ1) is 19.0. The minimum atomic E-state index is -1.34. The van der Waals surface area contributed by atoms with E-state index in [2.05, 4.69) is 22.6 Å². The third kappa shape index (κ3) is 5.06. The molecule has 0 heterocycles. The number of hydrogen-bond donors (Lipinski definition) is 3. The number of alkyl halides is 1. The van der Waals surface area contributed by atoms with E-state index in [-0.39, 0.29) is 12.2 Å². The van der Waals surface area contributed by atoms with E-state index >= 15 is 0 Å². The van der Waals surface area contributed by atoms with E-state index in [9.17, 15) is 9.90 Å². The van der Waals surface area contributed by atoms with Crippen molar-refractivity contribution in [3.05, 3.63) is 49.1 Å². The average molecular weight is 651 g/mol. The van der Waals surface area contributed by atoms with Gasteiger partial charge in [0.1, 0.15) is 17.2 Å². The van der Waals surface area contributed by atoms with Crippen LogP contribution in [0.5, 0.6) is 17.2 Å². The minimum Gasteiger partial charge on any atom is -0.507 e. The number of carboxylic acids is 1. The summed E-state index contributed by atoms with van der Waals surface area (Å²) in [6, 6.07) is 10.4. The maximum Gasteiger partial charge on any atom is 0.334 e. The fraction of sp³-hybridized carbons (Fsp3) is 0.133. The van der Waals surface area contributed by atoms with Crippen LogP contribution in [0.15, 0.2) is 36.4 Å². The number of rotatable bonds is 5. The van der Waals surface area contributed by atoms with Gasteiger partial charge in [-0.05, 0) is 104 Å². The zero-order valence-corrected chi connectivity index (χ0v) is 18.1. The summed E-state index contributed by atoms with van der Waals surface area (Å²) in [6.45, 7) is 0. The van der Waals surface area contributed by atoms with Gasteiger partial charge in [-0.15, -0.1) is 0 Å². The van der Waals surface area contributed by atoms with Crippen molar-refractivity contribution in [3.63, 3.8) is 0 Å². The van der Waals surface area contributed by atoms with E-state index in [1.807, 2.05) is 34.7 Å². The fourth-order valence-corrected chi connectivity index (χ4v) is 3.35. The number of benzene rings is 2. The second-order valence-corrected chi connectivity index (χ2v) is 9.06. The summed E-state index contributed by atoms with van der Waals surface area (Å²) in [5.74, 6) is 0.403. The smallest absolute Gasteiger partial charge is 0.334 e. The van der Waals surface area contributed by atoms with Crippen molar-refractivity contribution in [1.29, 1.82) is 0 Å². The van der Waals surface area contributed by atoms with Crippen molar-refractivity contribution in [1.82, 2.24) is 0 Å². The molecule has 0 amide bonds. The monoisotopic (exact) mass is 651 g/mol. The average Bonchev–Trinajstić information content (AvgIpc) is 2.45. The van der Waals surface area contributed by atoms with E-state index in [0.29, 0.717) is 15.1 Å². The molecule has 2 aromatic rings. The molecule has 2 aromatic carbocycles. The van der Waals surface area contributed by atoms with Gasteiger partial charge in [0.2, 0.25) is 0 Å². The molecule has 0 radical (unpaired) electrons. The molecule has 0 saturated heterocycles. The Hall–Kier alpha value is -0.340. The van der Waals surface area contributed by atoms with Crippen LogP contribution in [-0.2, 0) is 11.2 Å². The molecule has 122 valence electrons. The number of nitrogens with two attached hydrogens (primary N) is 1. The third-order valence-electron chi connectivity index (χ3n) is 2.98. The van der Waals surface area contributed by atoms with Crippen molar-refractivity contribution < 1.29 is 19.7 Å². The maximum absolute atomic E-state index is 11.1. The first-order valence-electron chi connectivity index (χ1n) is 6.35. The van der Waals surface area contributed by atoms with Crippen molar-refractivity contribution in [2.75, 3.05) is 0 Å². The van der Waals surface area contributed by atoms with Gasteiger partial charge in [-0.3, -0.25) is 0 Å². The van der Waals surface area contributed by atoms with Gasteiger partial charge < -0.3 is 20.7 Å². The Morgan fingerprint density at radius 3 is 2.22 bits per heavy atom. The molecule has 2 rings (SSSR count). The standard InChI is InChI=1S/C15H12I3NO4/c16-11-5-9(23-10-3-4-13(20)12(17)6-10)2-1-8(11)7-15(18,19)14(21)22/h1-6,20H,7,19H2,(H,21,22)/t15-/m1/s1. The zero-order chi connectivity index (χ0) is 17.2. The molecule has 0 bridgehead atoms. The molecule has 0 aliphatic carbocycles. The van der Waals surface area contributed by atoms with Gasteiger partial charge in [0, 0.05) is 9.99 Å². The van der Waals surface area contributed by atoms with E-state index < -0.39 is 9.51 Å². The normalized spacial score (nSPS) is 13.4. The zero-order valence-electron chi connectivity index (χ0n) is 11.6. The SMILES string of the molecule is N[C@](I)(Cc1ccc(Oc2ccc(O)c(I)c2)cc1I)C(=O)O. The van der Waals surface area contributed by atoms with Gasteiger partial charge in [-0.2, -0.15) is 0 Å². The lowest BCUT2D eigenvalue weighted by Crippen LogP contribution is -2.43. The van der Waals surface area contributed by atoms with Crippen molar-refractivity contribution in [2.24, 2.45) is 5.73 Å². The van der Waals surface area contributed by atoms with E-state index in [0.717, 1.165) is 9.13 Å². The summed E-state index contributed by atoms with van der Waals surface area (Å²) in [6.07, 6.45) is 0.221. The van der Waals surface area contributed by atoms with Crippen molar-refractivity contribution >= 4 is 73.7 Å². The van der Waals surface area contributed by atoms with Crippen LogP contribution in [-0.4, -0.2) is 19.7 Å². The van der Waals surface area contributed by atoms with Gasteiger partial charge in [0.05, 0.1) is 3.57 Å². The third-order valence-corrected chi connectivity index (χ3v) is 5.69. The highest BCUT2D eigenvalue weighted by atomic mass is 127. The number of aromatic hydroxyl groups is 1. The fourth-order valence-electron chi connectivity index (χ4n) is 1.77. The summed E-state index contributed by atoms with van der Waals surface area (Å²) in [5.41, 5.74) is 6.63. The Morgan fingerprint density at radius 1 is 1.13 bits per heavy atom. The highest BCUT2D eigenvalue weighted by Crippen LogP contribution is 2.30. The van der Waals surface area contributed by atoms with Gasteiger partial charge in [-0.1, -0.05) is 6.07 Å². The van der Waals surface area contributed by atoms with Crippen LogP contribution < -0.4 is 10.5 Å². The number of halogens is 3. The summed E-state index contributed by atoms with van der Waals surface area (Å²) >= 11 is 5.89. The molecule has 23 heavy (non-hydrogen) atoms. The van der Waals surface area contributed by atoms with Crippen LogP contribution in [0.1, 0.15) is 5.56 Å². The Kier molecular flexibility index (Phi) is 6.35. The molecule has 0 aliphatic rings. The van der Waals surface area contributed by atoms with Gasteiger partial charge in [0.25, 0.3) is 0 Å². The molecule has 0 saturated carbocycles. The number of phenolic OH excluding ortho intramolecular Hbond substituents is 1. The molecule has 0 fully saturated rings. The van der Waals surface area contributed by atoms with Crippen molar-refractivity contribution in [2.45, 2.75) is 9.97 Å². The summed E-state index contributed by atoms with van der Waals surface area (Å²) in [5, 5.41) is 18.6. The van der Waals surface area contributed by atoms with Crippen LogP contribution in [0.25, 0.3) is 0 Å². The van der Waals surface area contributed by atoms with Gasteiger partial charge in [0.15, 0.2) is 3.55 Å². The second-order valence-electron chi connectivity index (χ2n) is 4.81. The second kappa shape index (κ2) is 7.70. The number of aliphatic carboxylic acids is 1. The molecule has 5 nitrogen and oxygen atoms in total. The van der Waals surface area contributed by atoms with E-state index in [4.69, 9.17) is 15.6 Å². The molecule has 0 aliphatic heterocycles. The van der Waals surface area contributed by atoms with E-state index in [1.165, 1.54) is 0 Å². The lowest BCUT2D eigenvalue weighted by Gasteiger charge is -2.18. The van der Waals surface area contributed by atoms with Gasteiger partial charge in [-0.25, -0.2) is 4.79 Å². The molecular formula is C15H12I3NO4. The first-order valence-corrected chi connectivity index (χ1v) is 9.58. The predicted molar refractivity (Wildman–Crippen MR) is 112 cm³/mol. The van der Waals surface area contributed by atoms with Crippen LogP contribution in [0.2, 0.25) is 0 Å². The molecule has 1 atom stereocenters. The highest BCUT2D eigenvalue weighted by molar-refractivity contribution is 14.1. The number of phenols is 1. The largest absolute Gasteiger partial charge is 0.507 e. The Labute approximate surface area is 174 Å². The summed E-state index contributed by atoms with van der Waals surface area (Å²) < 4.78 is 5.99. The summed E-state index contributed by atoms with van der Waals surface area (Å²) in [4.78, 5) is 11.1. The molecule has 8 heteroatoms. The maximum atomic E-state index is 11.1. The van der Waals surface area contributed by atoms with Gasteiger partial charge >= 0.3 is 5.97 Å². The highest BCUT2D eigenvalue weighted by Gasteiger charge is 2.31. The lowest BCUT2D eigenvalue weighted by atomic mass is 10.1. The minimum absolute atomic E-state index is 0.206. The Balaban J connectivity index is 2.19. The molecule has 0 spiro atoms. The number of ether oxygens (including phenoxy) is 1. The molecule has 0 aromatic heterocycles. The molecule has 4 N–H and O–H groups in total. The van der Waals surface area contributed by atoms with Crippen LogP contribution >= 0.6 is 67.8 Å². The van der Waals surface area contributed by atoms with Crippen molar-refractivity contribution in [3.8, 4) is 17.2 Å². The van der Waals surface area contributed by atoms with Crippen LogP contribution in [0.3, 0.4) is 0 Å². The number of hydrogen-bond acceptors (Lipinski definition) is 4. The predicted octanol–water partition coefficient (Wildman–Crippen LogP) is 4.11. The van der Waals surface area contributed by atoms with Crippen LogP contribution in [0, 0.1) is 7.14 Å². The number of carbonyl (C=O) groups is 1. The quantitative estimate of drug-likeness (QED) is 0.258. The summed E-state index contributed by atoms with van der Waals surface area (Å²) in [7, 11) is 0. The molecular weight excluding hydrogens is 639 g/mol. The van der Waals surface area contributed by atoms with Crippen LogP contribution in [0.4, 0.5) is 0 Å². The molecule has 0 unspecified atom stereocenters. The van der Waals surface area contributed by atoms with E-state index in [1.54, 1.807) is 46.9 Å². The first-order chi connectivity index (χ1) is 10.7. The lowest BCUT2D eigenvalue weighted by molar-refractivity contribution is -0.139. The Bertz CT molecular complexity index is 749. The topological polar surface area (TPSA) is 92.8 Å². The number of carboxylic acid groups (broad SMARTS) is 1.